The van der Waals surface area contributed by atoms with Crippen molar-refractivity contribution < 1.29 is 9.13 Å². The summed E-state index contributed by atoms with van der Waals surface area (Å²) in [6, 6.07) is 8.46. The molecule has 2 rings (SSSR count). The summed E-state index contributed by atoms with van der Waals surface area (Å²) in [5.41, 5.74) is 2.71. The van der Waals surface area contributed by atoms with Crippen LogP contribution in [-0.4, -0.2) is 0 Å². The highest BCUT2D eigenvalue weighted by molar-refractivity contribution is 9.10. The molecule has 0 spiro atoms. The molecule has 0 unspecified atom stereocenters. The van der Waals surface area contributed by atoms with E-state index in [0.29, 0.717) is 11.1 Å². The van der Waals surface area contributed by atoms with Crippen LogP contribution in [0.1, 0.15) is 16.7 Å². The summed E-state index contributed by atoms with van der Waals surface area (Å²) in [6.45, 7) is 4.18. The maximum atomic E-state index is 13.2. The Morgan fingerprint density at radius 1 is 1.11 bits per heavy atom. The van der Waals surface area contributed by atoms with Crippen molar-refractivity contribution in [1.82, 2.24) is 0 Å². The molecule has 0 aliphatic rings. The number of benzene rings is 2. The molecule has 0 atom stereocenters. The fraction of sp³-hybridized carbons (Fsp3) is 0.200. The third-order valence-corrected chi connectivity index (χ3v) is 3.79. The van der Waals surface area contributed by atoms with Crippen molar-refractivity contribution in [3.8, 4) is 5.75 Å². The second kappa shape index (κ2) is 5.93. The van der Waals surface area contributed by atoms with Crippen LogP contribution in [0, 0.1) is 19.7 Å². The summed E-state index contributed by atoms with van der Waals surface area (Å²) < 4.78 is 19.6. The Bertz CT molecular complexity index is 570. The molecular formula is C15H13BrClFO. The van der Waals surface area contributed by atoms with E-state index in [1.54, 1.807) is 0 Å². The molecule has 0 amide bonds. The number of halogens is 3. The highest BCUT2D eigenvalue weighted by Crippen LogP contribution is 2.26. The van der Waals surface area contributed by atoms with Crippen molar-refractivity contribution >= 4 is 27.5 Å². The molecule has 2 aromatic carbocycles. The number of hydrogen-bond donors (Lipinski definition) is 0. The van der Waals surface area contributed by atoms with Crippen LogP contribution >= 0.6 is 27.5 Å². The molecule has 0 saturated heterocycles. The fourth-order valence-electron chi connectivity index (χ4n) is 1.85. The van der Waals surface area contributed by atoms with E-state index >= 15 is 0 Å². The number of aryl methyl sites for hydroxylation is 2. The van der Waals surface area contributed by atoms with Gasteiger partial charge < -0.3 is 4.74 Å². The Hall–Kier alpha value is -1.06. The third-order valence-electron chi connectivity index (χ3n) is 2.74. The summed E-state index contributed by atoms with van der Waals surface area (Å²) in [7, 11) is 0. The van der Waals surface area contributed by atoms with E-state index in [4.69, 9.17) is 16.3 Å². The van der Waals surface area contributed by atoms with Crippen molar-refractivity contribution in [2.24, 2.45) is 0 Å². The third kappa shape index (κ3) is 3.71. The predicted octanol–water partition coefficient (Wildman–Crippen LogP) is 5.44. The van der Waals surface area contributed by atoms with Crippen LogP contribution in [0.25, 0.3) is 0 Å². The fourth-order valence-corrected chi connectivity index (χ4v) is 2.47. The first-order chi connectivity index (χ1) is 8.95. The van der Waals surface area contributed by atoms with Crippen LogP contribution in [0.2, 0.25) is 5.02 Å². The van der Waals surface area contributed by atoms with Gasteiger partial charge in [-0.25, -0.2) is 4.39 Å². The summed E-state index contributed by atoms with van der Waals surface area (Å²) in [5, 5.41) is 0.751. The standard InChI is InChI=1S/C15H13BrClFO/c1-9-3-14(4-10(2)15(9)17)19-8-11-5-12(16)7-13(18)6-11/h3-7H,8H2,1-2H3. The van der Waals surface area contributed by atoms with Crippen LogP contribution in [0.4, 0.5) is 4.39 Å². The molecule has 4 heteroatoms. The Balaban J connectivity index is 2.14. The van der Waals surface area contributed by atoms with Gasteiger partial charge >= 0.3 is 0 Å². The van der Waals surface area contributed by atoms with Gasteiger partial charge in [0.25, 0.3) is 0 Å². The highest BCUT2D eigenvalue weighted by Gasteiger charge is 2.05. The van der Waals surface area contributed by atoms with Gasteiger partial charge in [0.05, 0.1) is 0 Å². The molecule has 0 saturated carbocycles. The molecule has 1 nitrogen and oxygen atoms in total. The van der Waals surface area contributed by atoms with E-state index in [1.807, 2.05) is 32.0 Å². The Kier molecular flexibility index (Phi) is 4.48. The zero-order valence-electron chi connectivity index (χ0n) is 10.6. The molecule has 0 bridgehead atoms. The largest absolute Gasteiger partial charge is 0.489 e. The quantitative estimate of drug-likeness (QED) is 0.721. The molecule has 2 aromatic rings. The van der Waals surface area contributed by atoms with Gasteiger partial charge in [-0.05, 0) is 60.9 Å². The number of ether oxygens (including phenoxy) is 1. The van der Waals surface area contributed by atoms with E-state index in [-0.39, 0.29) is 5.82 Å². The van der Waals surface area contributed by atoms with Gasteiger partial charge in [-0.3, -0.25) is 0 Å². The summed E-state index contributed by atoms with van der Waals surface area (Å²) in [6.07, 6.45) is 0. The second-order valence-electron chi connectivity index (χ2n) is 4.44. The molecule has 19 heavy (non-hydrogen) atoms. The van der Waals surface area contributed by atoms with E-state index in [2.05, 4.69) is 15.9 Å². The minimum atomic E-state index is -0.281. The van der Waals surface area contributed by atoms with E-state index in [0.717, 1.165) is 27.5 Å². The van der Waals surface area contributed by atoms with E-state index in [9.17, 15) is 4.39 Å². The molecule has 0 heterocycles. The summed E-state index contributed by atoms with van der Waals surface area (Å²) in [4.78, 5) is 0. The van der Waals surface area contributed by atoms with Gasteiger partial charge in [-0.1, -0.05) is 27.5 Å². The number of hydrogen-bond acceptors (Lipinski definition) is 1. The summed E-state index contributed by atoms with van der Waals surface area (Å²) in [5.74, 6) is 0.455. The first-order valence-corrected chi connectivity index (χ1v) is 6.97. The van der Waals surface area contributed by atoms with Gasteiger partial charge in [-0.15, -0.1) is 0 Å². The topological polar surface area (TPSA) is 9.23 Å². The van der Waals surface area contributed by atoms with Crippen molar-refractivity contribution in [3.63, 3.8) is 0 Å². The van der Waals surface area contributed by atoms with Crippen molar-refractivity contribution in [1.29, 1.82) is 0 Å². The molecular weight excluding hydrogens is 331 g/mol. The molecule has 0 radical (unpaired) electrons. The summed E-state index contributed by atoms with van der Waals surface area (Å²) >= 11 is 9.36. The van der Waals surface area contributed by atoms with Gasteiger partial charge in [0.15, 0.2) is 0 Å². The minimum absolute atomic E-state index is 0.281. The Morgan fingerprint density at radius 2 is 1.74 bits per heavy atom. The van der Waals surface area contributed by atoms with Crippen molar-refractivity contribution in [2.75, 3.05) is 0 Å². The monoisotopic (exact) mass is 342 g/mol. The second-order valence-corrected chi connectivity index (χ2v) is 5.73. The van der Waals surface area contributed by atoms with Crippen LogP contribution in [0.5, 0.6) is 5.75 Å². The molecule has 0 N–H and O–H groups in total. The van der Waals surface area contributed by atoms with Crippen molar-refractivity contribution in [2.45, 2.75) is 20.5 Å². The zero-order valence-corrected chi connectivity index (χ0v) is 13.0. The molecule has 0 aliphatic heterocycles. The smallest absolute Gasteiger partial charge is 0.124 e. The molecule has 0 aromatic heterocycles. The van der Waals surface area contributed by atoms with Gasteiger partial charge in [0.1, 0.15) is 18.2 Å². The van der Waals surface area contributed by atoms with Crippen LogP contribution in [-0.2, 0) is 6.61 Å². The van der Waals surface area contributed by atoms with Crippen LogP contribution < -0.4 is 4.74 Å². The number of rotatable bonds is 3. The maximum absolute atomic E-state index is 13.2. The average molecular weight is 344 g/mol. The normalized spacial score (nSPS) is 10.6. The van der Waals surface area contributed by atoms with Gasteiger partial charge in [-0.2, -0.15) is 0 Å². The zero-order chi connectivity index (χ0) is 14.0. The molecule has 0 aliphatic carbocycles. The van der Waals surface area contributed by atoms with Crippen molar-refractivity contribution in [3.05, 3.63) is 62.3 Å². The Labute approximate surface area is 125 Å². The van der Waals surface area contributed by atoms with E-state index in [1.165, 1.54) is 12.1 Å². The highest BCUT2D eigenvalue weighted by atomic mass is 79.9. The minimum Gasteiger partial charge on any atom is -0.489 e. The van der Waals surface area contributed by atoms with Gasteiger partial charge in [0.2, 0.25) is 0 Å². The molecule has 100 valence electrons. The lowest BCUT2D eigenvalue weighted by Gasteiger charge is -2.10. The van der Waals surface area contributed by atoms with E-state index < -0.39 is 0 Å². The lowest BCUT2D eigenvalue weighted by molar-refractivity contribution is 0.305. The lowest BCUT2D eigenvalue weighted by Crippen LogP contribution is -1.97. The average Bonchev–Trinajstić information content (AvgIpc) is 2.32. The SMILES string of the molecule is Cc1cc(OCc2cc(F)cc(Br)c2)cc(C)c1Cl. The van der Waals surface area contributed by atoms with Crippen LogP contribution in [0.15, 0.2) is 34.8 Å². The maximum Gasteiger partial charge on any atom is 0.124 e. The first kappa shape index (κ1) is 14.4. The molecule has 0 fully saturated rings. The Morgan fingerprint density at radius 3 is 2.32 bits per heavy atom. The first-order valence-electron chi connectivity index (χ1n) is 5.80. The van der Waals surface area contributed by atoms with Crippen LogP contribution in [0.3, 0.4) is 0 Å². The lowest BCUT2D eigenvalue weighted by atomic mass is 10.1. The van der Waals surface area contributed by atoms with Gasteiger partial charge in [0, 0.05) is 9.50 Å². The predicted molar refractivity (Wildman–Crippen MR) is 79.4 cm³/mol.